The molecule has 6 heteroatoms. The zero-order valence-electron chi connectivity index (χ0n) is 10.6. The van der Waals surface area contributed by atoms with Crippen molar-refractivity contribution in [3.05, 3.63) is 54.1 Å². The average Bonchev–Trinajstić information content (AvgIpc) is 2.96. The predicted molar refractivity (Wildman–Crippen MR) is 76.2 cm³/mol. The molecule has 3 rings (SSSR count). The van der Waals surface area contributed by atoms with E-state index in [0.717, 1.165) is 5.56 Å². The Morgan fingerprint density at radius 1 is 1.05 bits per heavy atom. The fourth-order valence-corrected chi connectivity index (χ4v) is 1.91. The molecule has 0 aliphatic rings. The van der Waals surface area contributed by atoms with Crippen LogP contribution in [0.4, 0.5) is 10.5 Å². The van der Waals surface area contributed by atoms with E-state index in [1.54, 1.807) is 6.07 Å². The van der Waals surface area contributed by atoms with Crippen LogP contribution in [0.2, 0.25) is 0 Å². The molecule has 0 bridgehead atoms. The molecule has 0 saturated carbocycles. The SMILES string of the molecule is O=C(NCc1ccccc1)Nc1cccc2n[nH]nc12. The largest absolute Gasteiger partial charge is 0.334 e. The highest BCUT2D eigenvalue weighted by Crippen LogP contribution is 2.18. The highest BCUT2D eigenvalue weighted by molar-refractivity contribution is 5.98. The second-order valence-electron chi connectivity index (χ2n) is 4.29. The number of aromatic amines is 1. The molecule has 0 saturated heterocycles. The molecule has 0 radical (unpaired) electrons. The maximum absolute atomic E-state index is 11.9. The molecule has 3 N–H and O–H groups in total. The molecule has 6 nitrogen and oxygen atoms in total. The second kappa shape index (κ2) is 5.40. The lowest BCUT2D eigenvalue weighted by molar-refractivity contribution is 0.252. The Bertz CT molecular complexity index is 723. The molecule has 0 fully saturated rings. The zero-order valence-corrected chi connectivity index (χ0v) is 10.6. The van der Waals surface area contributed by atoms with Crippen LogP contribution in [0.25, 0.3) is 11.0 Å². The van der Waals surface area contributed by atoms with Crippen molar-refractivity contribution < 1.29 is 4.79 Å². The van der Waals surface area contributed by atoms with Gasteiger partial charge in [-0.15, -0.1) is 0 Å². The van der Waals surface area contributed by atoms with E-state index in [9.17, 15) is 4.79 Å². The molecule has 1 aromatic heterocycles. The van der Waals surface area contributed by atoms with Crippen molar-refractivity contribution in [3.8, 4) is 0 Å². The van der Waals surface area contributed by atoms with Crippen LogP contribution >= 0.6 is 0 Å². The summed E-state index contributed by atoms with van der Waals surface area (Å²) in [6.45, 7) is 0.474. The van der Waals surface area contributed by atoms with Gasteiger partial charge in [-0.1, -0.05) is 36.4 Å². The first kappa shape index (κ1) is 12.2. The van der Waals surface area contributed by atoms with E-state index in [4.69, 9.17) is 0 Å². The first-order valence-corrected chi connectivity index (χ1v) is 6.21. The smallest absolute Gasteiger partial charge is 0.319 e. The molecular weight excluding hydrogens is 254 g/mol. The number of benzene rings is 2. The third kappa shape index (κ3) is 2.59. The van der Waals surface area contributed by atoms with Crippen molar-refractivity contribution in [2.24, 2.45) is 0 Å². The minimum Gasteiger partial charge on any atom is -0.334 e. The lowest BCUT2D eigenvalue weighted by Crippen LogP contribution is -2.28. The van der Waals surface area contributed by atoms with Gasteiger partial charge in [-0.3, -0.25) is 0 Å². The summed E-state index contributed by atoms with van der Waals surface area (Å²) in [6.07, 6.45) is 0. The van der Waals surface area contributed by atoms with Crippen molar-refractivity contribution in [2.45, 2.75) is 6.54 Å². The third-order valence-electron chi connectivity index (χ3n) is 2.89. The number of H-pyrrole nitrogens is 1. The van der Waals surface area contributed by atoms with E-state index in [1.807, 2.05) is 42.5 Å². The summed E-state index contributed by atoms with van der Waals surface area (Å²) in [5, 5.41) is 16.1. The van der Waals surface area contributed by atoms with Gasteiger partial charge in [0.15, 0.2) is 0 Å². The van der Waals surface area contributed by atoms with Gasteiger partial charge in [-0.25, -0.2) is 4.79 Å². The highest BCUT2D eigenvalue weighted by Gasteiger charge is 2.07. The van der Waals surface area contributed by atoms with Gasteiger partial charge in [0.25, 0.3) is 0 Å². The fraction of sp³-hybridized carbons (Fsp3) is 0.0714. The summed E-state index contributed by atoms with van der Waals surface area (Å²) in [4.78, 5) is 11.9. The molecule has 0 aliphatic heterocycles. The summed E-state index contributed by atoms with van der Waals surface area (Å²) in [5.41, 5.74) is 3.03. The second-order valence-corrected chi connectivity index (χ2v) is 4.29. The Morgan fingerprint density at radius 2 is 1.90 bits per heavy atom. The van der Waals surface area contributed by atoms with Crippen LogP contribution in [0.1, 0.15) is 5.56 Å². The molecule has 20 heavy (non-hydrogen) atoms. The summed E-state index contributed by atoms with van der Waals surface area (Å²) in [5.74, 6) is 0. The predicted octanol–water partition coefficient (Wildman–Crippen LogP) is 2.28. The Morgan fingerprint density at radius 3 is 2.75 bits per heavy atom. The number of amides is 2. The van der Waals surface area contributed by atoms with Crippen LogP contribution in [0.3, 0.4) is 0 Å². The first-order valence-electron chi connectivity index (χ1n) is 6.21. The fourth-order valence-electron chi connectivity index (χ4n) is 1.91. The number of hydrogen-bond acceptors (Lipinski definition) is 3. The monoisotopic (exact) mass is 267 g/mol. The van der Waals surface area contributed by atoms with Crippen LogP contribution in [0.5, 0.6) is 0 Å². The highest BCUT2D eigenvalue weighted by atomic mass is 16.2. The molecule has 0 spiro atoms. The van der Waals surface area contributed by atoms with Gasteiger partial charge < -0.3 is 10.6 Å². The van der Waals surface area contributed by atoms with Gasteiger partial charge >= 0.3 is 6.03 Å². The molecule has 1 heterocycles. The number of fused-ring (bicyclic) bond motifs is 1. The van der Waals surface area contributed by atoms with Crippen molar-refractivity contribution >= 4 is 22.8 Å². The molecule has 100 valence electrons. The Balaban J connectivity index is 1.66. The Kier molecular flexibility index (Phi) is 3.28. The lowest BCUT2D eigenvalue weighted by atomic mass is 10.2. The maximum atomic E-state index is 11.9. The van der Waals surface area contributed by atoms with E-state index >= 15 is 0 Å². The van der Waals surface area contributed by atoms with E-state index in [0.29, 0.717) is 23.3 Å². The number of rotatable bonds is 3. The number of urea groups is 1. The zero-order chi connectivity index (χ0) is 13.8. The summed E-state index contributed by atoms with van der Waals surface area (Å²) < 4.78 is 0. The minimum atomic E-state index is -0.274. The summed E-state index contributed by atoms with van der Waals surface area (Å²) in [6, 6.07) is 14.9. The lowest BCUT2D eigenvalue weighted by Gasteiger charge is -2.07. The van der Waals surface area contributed by atoms with Crippen LogP contribution < -0.4 is 10.6 Å². The van der Waals surface area contributed by atoms with E-state index < -0.39 is 0 Å². The Labute approximate surface area is 115 Å². The number of para-hydroxylation sites is 1. The van der Waals surface area contributed by atoms with Crippen LogP contribution in [-0.4, -0.2) is 21.4 Å². The molecular formula is C14H13N5O. The third-order valence-corrected chi connectivity index (χ3v) is 2.89. The molecule has 3 aromatic rings. The number of aromatic nitrogens is 3. The van der Waals surface area contributed by atoms with Crippen LogP contribution in [0.15, 0.2) is 48.5 Å². The number of carbonyl (C=O) groups excluding carboxylic acids is 1. The summed E-state index contributed by atoms with van der Waals surface area (Å²) >= 11 is 0. The standard InChI is InChI=1S/C14H13N5O/c20-14(15-9-10-5-2-1-3-6-10)16-11-7-4-8-12-13(11)18-19-17-12/h1-8H,9H2,(H2,15,16,20)(H,17,18,19). The van der Waals surface area contributed by atoms with Gasteiger partial charge in [0.2, 0.25) is 0 Å². The van der Waals surface area contributed by atoms with Crippen LogP contribution in [0, 0.1) is 0 Å². The number of hydrogen-bond donors (Lipinski definition) is 3. The number of carbonyl (C=O) groups is 1. The van der Waals surface area contributed by atoms with Gasteiger partial charge in [0.1, 0.15) is 11.0 Å². The van der Waals surface area contributed by atoms with Crippen molar-refractivity contribution in [2.75, 3.05) is 5.32 Å². The van der Waals surface area contributed by atoms with Gasteiger partial charge in [0.05, 0.1) is 5.69 Å². The van der Waals surface area contributed by atoms with E-state index in [-0.39, 0.29) is 6.03 Å². The topological polar surface area (TPSA) is 82.7 Å². The van der Waals surface area contributed by atoms with Crippen molar-refractivity contribution in [1.82, 2.24) is 20.7 Å². The normalized spacial score (nSPS) is 10.4. The minimum absolute atomic E-state index is 0.274. The Hall–Kier alpha value is -2.89. The molecule has 0 atom stereocenters. The van der Waals surface area contributed by atoms with Gasteiger partial charge in [-0.05, 0) is 17.7 Å². The van der Waals surface area contributed by atoms with Crippen molar-refractivity contribution in [3.63, 3.8) is 0 Å². The molecule has 2 amide bonds. The number of nitrogens with zero attached hydrogens (tertiary/aromatic N) is 2. The molecule has 0 aliphatic carbocycles. The number of nitrogens with one attached hydrogen (secondary N) is 3. The van der Waals surface area contributed by atoms with Crippen molar-refractivity contribution in [1.29, 1.82) is 0 Å². The van der Waals surface area contributed by atoms with Crippen LogP contribution in [-0.2, 0) is 6.54 Å². The van der Waals surface area contributed by atoms with E-state index in [2.05, 4.69) is 26.0 Å². The van der Waals surface area contributed by atoms with Gasteiger partial charge in [0, 0.05) is 6.54 Å². The average molecular weight is 267 g/mol. The maximum Gasteiger partial charge on any atom is 0.319 e. The summed E-state index contributed by atoms with van der Waals surface area (Å²) in [7, 11) is 0. The number of anilines is 1. The van der Waals surface area contributed by atoms with E-state index in [1.165, 1.54) is 0 Å². The van der Waals surface area contributed by atoms with Gasteiger partial charge in [-0.2, -0.15) is 15.4 Å². The quantitative estimate of drug-likeness (QED) is 0.680. The first-order chi connectivity index (χ1) is 9.83. The molecule has 0 unspecified atom stereocenters. The molecule has 2 aromatic carbocycles.